The van der Waals surface area contributed by atoms with Gasteiger partial charge in [0, 0.05) is 12.6 Å². The first-order valence-electron chi connectivity index (χ1n) is 7.53. The zero-order valence-corrected chi connectivity index (χ0v) is 12.5. The van der Waals surface area contributed by atoms with Crippen LogP contribution in [-0.4, -0.2) is 23.5 Å². The molecule has 2 aliphatic carbocycles. The average molecular weight is 294 g/mol. The molecule has 0 spiro atoms. The largest absolute Gasteiger partial charge is 0.382 e. The van der Waals surface area contributed by atoms with E-state index < -0.39 is 0 Å². The monoisotopic (exact) mass is 294 g/mol. The van der Waals surface area contributed by atoms with Crippen molar-refractivity contribution in [3.63, 3.8) is 0 Å². The molecule has 0 saturated heterocycles. The third kappa shape index (κ3) is 3.06. The molecule has 110 valence electrons. The predicted octanol–water partition coefficient (Wildman–Crippen LogP) is 2.61. The average Bonchev–Trinajstić information content (AvgIpc) is 3.00. The van der Waals surface area contributed by atoms with E-state index >= 15 is 0 Å². The first kappa shape index (κ1) is 13.7. The van der Waals surface area contributed by atoms with Crippen molar-refractivity contribution in [3.8, 4) is 0 Å². The molecule has 0 unspecified atom stereocenters. The van der Waals surface area contributed by atoms with Crippen LogP contribution in [0.3, 0.4) is 0 Å². The van der Waals surface area contributed by atoms with Gasteiger partial charge in [-0.2, -0.15) is 0 Å². The summed E-state index contributed by atoms with van der Waals surface area (Å²) in [5.41, 5.74) is 5.86. The fourth-order valence-electron chi connectivity index (χ4n) is 2.82. The van der Waals surface area contributed by atoms with Crippen LogP contribution >= 0.6 is 11.3 Å². The van der Waals surface area contributed by atoms with Crippen molar-refractivity contribution >= 4 is 28.2 Å². The number of aromatic nitrogens is 1. The van der Waals surface area contributed by atoms with E-state index in [0.29, 0.717) is 22.7 Å². The Labute approximate surface area is 123 Å². The van der Waals surface area contributed by atoms with Crippen molar-refractivity contribution in [2.45, 2.75) is 51.0 Å². The highest BCUT2D eigenvalue weighted by Gasteiger charge is 2.22. The van der Waals surface area contributed by atoms with Gasteiger partial charge in [0.2, 0.25) is 0 Å². The second-order valence-corrected chi connectivity index (χ2v) is 6.87. The van der Waals surface area contributed by atoms with Crippen molar-refractivity contribution in [1.82, 2.24) is 10.3 Å². The van der Waals surface area contributed by atoms with Gasteiger partial charge in [-0.25, -0.2) is 4.98 Å². The Hall–Kier alpha value is -1.30. The maximum atomic E-state index is 12.2. The lowest BCUT2D eigenvalue weighted by Crippen LogP contribution is -2.28. The molecule has 0 radical (unpaired) electrons. The molecular weight excluding hydrogens is 272 g/mol. The summed E-state index contributed by atoms with van der Waals surface area (Å²) in [6.07, 6.45) is 8.68. The molecule has 1 aromatic heterocycles. The van der Waals surface area contributed by atoms with Crippen LogP contribution in [0.2, 0.25) is 0 Å². The molecule has 0 bridgehead atoms. The number of carbonyl (C=O) groups excluding carboxylic acids is 1. The first-order valence-corrected chi connectivity index (χ1v) is 8.35. The van der Waals surface area contributed by atoms with Crippen LogP contribution < -0.4 is 16.4 Å². The lowest BCUT2D eigenvalue weighted by molar-refractivity contribution is 0.0952. The van der Waals surface area contributed by atoms with E-state index in [4.69, 9.17) is 5.73 Å². The van der Waals surface area contributed by atoms with Crippen molar-refractivity contribution in [2.75, 3.05) is 17.6 Å². The van der Waals surface area contributed by atoms with Crippen molar-refractivity contribution in [1.29, 1.82) is 0 Å². The van der Waals surface area contributed by atoms with Gasteiger partial charge >= 0.3 is 0 Å². The number of hydrogen-bond donors (Lipinski definition) is 3. The number of amides is 1. The fourth-order valence-corrected chi connectivity index (χ4v) is 3.69. The number of rotatable bonds is 5. The van der Waals surface area contributed by atoms with E-state index in [-0.39, 0.29) is 5.91 Å². The van der Waals surface area contributed by atoms with Crippen molar-refractivity contribution in [3.05, 3.63) is 4.88 Å². The quantitative estimate of drug-likeness (QED) is 0.780. The number of nitrogens with two attached hydrogens (primary N) is 1. The molecular formula is C14H22N4OS. The number of carbonyl (C=O) groups is 1. The zero-order chi connectivity index (χ0) is 13.9. The number of anilines is 2. The van der Waals surface area contributed by atoms with Gasteiger partial charge in [-0.1, -0.05) is 24.2 Å². The maximum Gasteiger partial charge on any atom is 0.265 e. The summed E-state index contributed by atoms with van der Waals surface area (Å²) in [5.74, 6) is 0.912. The highest BCUT2D eigenvalue weighted by Crippen LogP contribution is 2.29. The van der Waals surface area contributed by atoms with Gasteiger partial charge in [0.15, 0.2) is 5.13 Å². The van der Waals surface area contributed by atoms with Crippen molar-refractivity contribution < 1.29 is 4.79 Å². The third-order valence-electron chi connectivity index (χ3n) is 4.32. The molecule has 1 aromatic rings. The molecule has 20 heavy (non-hydrogen) atoms. The summed E-state index contributed by atoms with van der Waals surface area (Å²) < 4.78 is 0. The molecule has 5 nitrogen and oxygen atoms in total. The Kier molecular flexibility index (Phi) is 4.10. The van der Waals surface area contributed by atoms with Crippen LogP contribution in [-0.2, 0) is 0 Å². The Balaban J connectivity index is 1.55. The highest BCUT2D eigenvalue weighted by atomic mass is 32.1. The minimum Gasteiger partial charge on any atom is -0.382 e. The molecule has 6 heteroatoms. The topological polar surface area (TPSA) is 80.0 Å². The minimum absolute atomic E-state index is 0.0754. The van der Waals surface area contributed by atoms with Gasteiger partial charge in [0.05, 0.1) is 0 Å². The predicted molar refractivity (Wildman–Crippen MR) is 82.1 cm³/mol. The summed E-state index contributed by atoms with van der Waals surface area (Å²) in [4.78, 5) is 17.0. The molecule has 4 N–H and O–H groups in total. The van der Waals surface area contributed by atoms with Gasteiger partial charge in [0.1, 0.15) is 10.7 Å². The van der Waals surface area contributed by atoms with Gasteiger partial charge in [-0.15, -0.1) is 0 Å². The lowest BCUT2D eigenvalue weighted by Gasteiger charge is -2.25. The van der Waals surface area contributed by atoms with Crippen LogP contribution in [0.5, 0.6) is 0 Å². The van der Waals surface area contributed by atoms with Crippen LogP contribution in [0.15, 0.2) is 0 Å². The smallest absolute Gasteiger partial charge is 0.265 e. The van der Waals surface area contributed by atoms with Gasteiger partial charge < -0.3 is 16.4 Å². The number of nitrogens with zero attached hydrogens (tertiary/aromatic N) is 1. The van der Waals surface area contributed by atoms with E-state index in [1.807, 2.05) is 0 Å². The SMILES string of the molecule is Nc1nc(NC2CCC2)sc1C(=O)NCC1CCCC1. The molecule has 0 aromatic carbocycles. The zero-order valence-electron chi connectivity index (χ0n) is 11.7. The van der Waals surface area contributed by atoms with E-state index in [1.165, 1.54) is 56.3 Å². The number of nitrogen functional groups attached to an aromatic ring is 1. The summed E-state index contributed by atoms with van der Waals surface area (Å²) >= 11 is 1.37. The van der Waals surface area contributed by atoms with E-state index in [2.05, 4.69) is 15.6 Å². The van der Waals surface area contributed by atoms with Crippen LogP contribution in [0.25, 0.3) is 0 Å². The summed E-state index contributed by atoms with van der Waals surface area (Å²) in [6, 6.07) is 0.509. The van der Waals surface area contributed by atoms with Crippen LogP contribution in [0.4, 0.5) is 10.9 Å². The summed E-state index contributed by atoms with van der Waals surface area (Å²) in [7, 11) is 0. The minimum atomic E-state index is -0.0754. The number of nitrogens with one attached hydrogen (secondary N) is 2. The van der Waals surface area contributed by atoms with Crippen molar-refractivity contribution in [2.24, 2.45) is 5.92 Å². The molecule has 2 saturated carbocycles. The summed E-state index contributed by atoms with van der Waals surface area (Å²) in [5, 5.41) is 7.12. The first-order chi connectivity index (χ1) is 9.72. The standard InChI is InChI=1S/C14H22N4OS/c15-12-11(13(19)16-8-9-4-1-2-5-9)20-14(18-12)17-10-6-3-7-10/h9-10H,1-8,15H2,(H,16,19)(H,17,18). The van der Waals surface area contributed by atoms with E-state index in [0.717, 1.165) is 11.7 Å². The fraction of sp³-hybridized carbons (Fsp3) is 0.714. The second-order valence-electron chi connectivity index (χ2n) is 5.87. The molecule has 3 rings (SSSR count). The van der Waals surface area contributed by atoms with Gasteiger partial charge in [0.25, 0.3) is 5.91 Å². The normalized spacial score (nSPS) is 19.8. The Morgan fingerprint density at radius 1 is 1.25 bits per heavy atom. The maximum absolute atomic E-state index is 12.2. The molecule has 0 atom stereocenters. The van der Waals surface area contributed by atoms with Crippen LogP contribution in [0, 0.1) is 5.92 Å². The Morgan fingerprint density at radius 3 is 2.65 bits per heavy atom. The van der Waals surface area contributed by atoms with Gasteiger partial charge in [-0.3, -0.25) is 4.79 Å². The molecule has 1 heterocycles. The lowest BCUT2D eigenvalue weighted by atomic mass is 9.93. The highest BCUT2D eigenvalue weighted by molar-refractivity contribution is 7.18. The van der Waals surface area contributed by atoms with E-state index in [1.54, 1.807) is 0 Å². The van der Waals surface area contributed by atoms with E-state index in [9.17, 15) is 4.79 Å². The molecule has 2 fully saturated rings. The van der Waals surface area contributed by atoms with Gasteiger partial charge in [-0.05, 0) is 38.0 Å². The molecule has 1 amide bonds. The molecule has 2 aliphatic rings. The summed E-state index contributed by atoms with van der Waals surface area (Å²) in [6.45, 7) is 0.765. The Morgan fingerprint density at radius 2 is 2.00 bits per heavy atom. The third-order valence-corrected chi connectivity index (χ3v) is 5.32. The Bertz CT molecular complexity index is 478. The number of hydrogen-bond acceptors (Lipinski definition) is 5. The second kappa shape index (κ2) is 5.99. The molecule has 0 aliphatic heterocycles. The van der Waals surface area contributed by atoms with Crippen LogP contribution in [0.1, 0.15) is 54.6 Å². The number of thiazole rings is 1.